The van der Waals surface area contributed by atoms with Crippen LogP contribution in [0, 0.1) is 0 Å². The molecule has 1 aromatic carbocycles. The maximum absolute atomic E-state index is 11.5. The number of likely N-dealkylation sites (N-methyl/N-ethyl adjacent to an activating group) is 1. The van der Waals surface area contributed by atoms with Gasteiger partial charge in [0.2, 0.25) is 5.78 Å². The normalized spacial score (nSPS) is 21.0. The average Bonchev–Trinajstić information content (AvgIpc) is 2.23. The molecule has 72 valence electrons. The zero-order chi connectivity index (χ0) is 10.3. The van der Waals surface area contributed by atoms with E-state index in [1.807, 2.05) is 0 Å². The number of carbonyl (C=O) groups excluding carboxylic acids is 2. The lowest BCUT2D eigenvalue weighted by molar-refractivity contribution is -0.124. The Bertz CT molecular complexity index is 414. The van der Waals surface area contributed by atoms with Crippen molar-refractivity contribution < 1.29 is 14.7 Å². The minimum Gasteiger partial charge on any atom is -0.376 e. The molecular weight excluding hydrogens is 182 g/mol. The van der Waals surface area contributed by atoms with Gasteiger partial charge in [-0.25, -0.2) is 0 Å². The van der Waals surface area contributed by atoms with E-state index in [0.29, 0.717) is 11.3 Å². The second-order valence-electron chi connectivity index (χ2n) is 3.18. The molecule has 4 nitrogen and oxygen atoms in total. The zero-order valence-electron chi connectivity index (χ0n) is 7.60. The van der Waals surface area contributed by atoms with Gasteiger partial charge in [0.1, 0.15) is 0 Å². The third-order valence-corrected chi connectivity index (χ3v) is 2.34. The molecule has 0 aliphatic carbocycles. The molecule has 0 unspecified atom stereocenters. The van der Waals surface area contributed by atoms with E-state index >= 15 is 0 Å². The molecule has 0 spiro atoms. The molecule has 2 rings (SSSR count). The second kappa shape index (κ2) is 2.92. The van der Waals surface area contributed by atoms with Gasteiger partial charge in [0.05, 0.1) is 5.69 Å². The summed E-state index contributed by atoms with van der Waals surface area (Å²) in [4.78, 5) is 24.1. The molecule has 1 amide bonds. The van der Waals surface area contributed by atoms with Crippen molar-refractivity contribution >= 4 is 17.4 Å². The molecule has 0 saturated heterocycles. The lowest BCUT2D eigenvalue weighted by Crippen LogP contribution is -2.46. The highest BCUT2D eigenvalue weighted by Crippen LogP contribution is 2.25. The van der Waals surface area contributed by atoms with Crippen molar-refractivity contribution in [1.82, 2.24) is 0 Å². The predicted octanol–water partition coefficient (Wildman–Crippen LogP) is 0.207. The van der Waals surface area contributed by atoms with Gasteiger partial charge in [-0.05, 0) is 12.1 Å². The standard InChI is InChI=1S/C10H9NO3/c1-11-7-5-3-2-4-6(7)8(12)9(13)10(11)14/h2-5,9,13H,1H3/t9-/m1/s1. The summed E-state index contributed by atoms with van der Waals surface area (Å²) in [6, 6.07) is 6.72. The van der Waals surface area contributed by atoms with Gasteiger partial charge in [-0.1, -0.05) is 12.1 Å². The fraction of sp³-hybridized carbons (Fsp3) is 0.200. The number of ketones is 1. The van der Waals surface area contributed by atoms with Crippen molar-refractivity contribution in [2.24, 2.45) is 0 Å². The van der Waals surface area contributed by atoms with Crippen LogP contribution in [0.5, 0.6) is 0 Å². The molecule has 1 heterocycles. The number of hydrogen-bond donors (Lipinski definition) is 1. The first-order chi connectivity index (χ1) is 6.63. The van der Waals surface area contributed by atoms with E-state index in [0.717, 1.165) is 0 Å². The molecular formula is C10H9NO3. The predicted molar refractivity (Wildman–Crippen MR) is 50.2 cm³/mol. The molecule has 0 saturated carbocycles. The number of carbonyl (C=O) groups is 2. The first kappa shape index (κ1) is 8.90. The van der Waals surface area contributed by atoms with Crippen LogP contribution in [0.2, 0.25) is 0 Å². The fourth-order valence-electron chi connectivity index (χ4n) is 1.54. The van der Waals surface area contributed by atoms with Crippen LogP contribution in [0.3, 0.4) is 0 Å². The first-order valence-corrected chi connectivity index (χ1v) is 4.22. The third kappa shape index (κ3) is 1.04. The van der Waals surface area contributed by atoms with Crippen LogP contribution >= 0.6 is 0 Å². The van der Waals surface area contributed by atoms with Crippen LogP contribution in [0.25, 0.3) is 0 Å². The highest BCUT2D eigenvalue weighted by molar-refractivity contribution is 6.23. The molecule has 4 heteroatoms. The summed E-state index contributed by atoms with van der Waals surface area (Å²) in [6.07, 6.45) is -1.55. The van der Waals surface area contributed by atoms with Crippen molar-refractivity contribution in [3.05, 3.63) is 29.8 Å². The molecule has 0 aromatic heterocycles. The zero-order valence-corrected chi connectivity index (χ0v) is 7.60. The molecule has 1 aliphatic rings. The van der Waals surface area contributed by atoms with E-state index < -0.39 is 17.8 Å². The van der Waals surface area contributed by atoms with Gasteiger partial charge in [-0.3, -0.25) is 9.59 Å². The van der Waals surface area contributed by atoms with E-state index in [1.165, 1.54) is 11.9 Å². The third-order valence-electron chi connectivity index (χ3n) is 2.34. The highest BCUT2D eigenvalue weighted by Gasteiger charge is 2.35. The summed E-state index contributed by atoms with van der Waals surface area (Å²) >= 11 is 0. The van der Waals surface area contributed by atoms with E-state index in [-0.39, 0.29) is 0 Å². The number of hydrogen-bond acceptors (Lipinski definition) is 3. The molecule has 0 fully saturated rings. The van der Waals surface area contributed by atoms with Gasteiger partial charge in [-0.15, -0.1) is 0 Å². The van der Waals surface area contributed by atoms with E-state index in [9.17, 15) is 14.7 Å². The van der Waals surface area contributed by atoms with Gasteiger partial charge >= 0.3 is 0 Å². The van der Waals surface area contributed by atoms with Crippen molar-refractivity contribution in [1.29, 1.82) is 0 Å². The topological polar surface area (TPSA) is 57.6 Å². The summed E-state index contributed by atoms with van der Waals surface area (Å²) in [7, 11) is 1.54. The fourth-order valence-corrected chi connectivity index (χ4v) is 1.54. The number of fused-ring (bicyclic) bond motifs is 1. The maximum atomic E-state index is 11.5. The smallest absolute Gasteiger partial charge is 0.263 e. The Morgan fingerprint density at radius 1 is 1.29 bits per heavy atom. The van der Waals surface area contributed by atoms with Crippen LogP contribution in [-0.4, -0.2) is 29.9 Å². The summed E-state index contributed by atoms with van der Waals surface area (Å²) in [5.41, 5.74) is 0.940. The number of benzene rings is 1. The molecule has 0 radical (unpaired) electrons. The Kier molecular flexibility index (Phi) is 1.86. The molecule has 14 heavy (non-hydrogen) atoms. The lowest BCUT2D eigenvalue weighted by Gasteiger charge is -2.27. The Morgan fingerprint density at radius 2 is 1.93 bits per heavy atom. The number of anilines is 1. The second-order valence-corrected chi connectivity index (χ2v) is 3.18. The quantitative estimate of drug-likeness (QED) is 0.596. The number of amides is 1. The van der Waals surface area contributed by atoms with Crippen molar-refractivity contribution in [2.45, 2.75) is 6.10 Å². The lowest BCUT2D eigenvalue weighted by atomic mass is 9.98. The average molecular weight is 191 g/mol. The Balaban J connectivity index is 2.62. The van der Waals surface area contributed by atoms with Gasteiger partial charge in [-0.2, -0.15) is 0 Å². The summed E-state index contributed by atoms with van der Waals surface area (Å²) < 4.78 is 0. The van der Waals surface area contributed by atoms with Crippen molar-refractivity contribution in [2.75, 3.05) is 11.9 Å². The van der Waals surface area contributed by atoms with Crippen LogP contribution in [0.4, 0.5) is 5.69 Å². The largest absolute Gasteiger partial charge is 0.376 e. The number of aliphatic hydroxyl groups is 1. The van der Waals surface area contributed by atoms with Crippen LogP contribution < -0.4 is 4.90 Å². The Morgan fingerprint density at radius 3 is 2.64 bits per heavy atom. The van der Waals surface area contributed by atoms with Crippen molar-refractivity contribution in [3.63, 3.8) is 0 Å². The SMILES string of the molecule is CN1C(=O)[C@H](O)C(=O)c2ccccc21. The number of Topliss-reactive ketones (excluding diaryl/α,β-unsaturated/α-hetero) is 1. The number of rotatable bonds is 0. The monoisotopic (exact) mass is 191 g/mol. The van der Waals surface area contributed by atoms with Crippen molar-refractivity contribution in [3.8, 4) is 0 Å². The molecule has 0 bridgehead atoms. The van der Waals surface area contributed by atoms with E-state index in [1.54, 1.807) is 24.3 Å². The van der Waals surface area contributed by atoms with Crippen LogP contribution in [0.15, 0.2) is 24.3 Å². The maximum Gasteiger partial charge on any atom is 0.263 e. The van der Waals surface area contributed by atoms with E-state index in [2.05, 4.69) is 0 Å². The Hall–Kier alpha value is -1.68. The number of para-hydroxylation sites is 1. The summed E-state index contributed by atoms with van der Waals surface area (Å²) in [5, 5.41) is 9.32. The van der Waals surface area contributed by atoms with E-state index in [4.69, 9.17) is 0 Å². The number of aliphatic hydroxyl groups excluding tert-OH is 1. The minimum atomic E-state index is -1.55. The molecule has 1 aromatic rings. The summed E-state index contributed by atoms with van der Waals surface area (Å²) in [5.74, 6) is -1.10. The van der Waals surface area contributed by atoms with Crippen LogP contribution in [-0.2, 0) is 4.79 Å². The van der Waals surface area contributed by atoms with Gasteiger partial charge in [0.15, 0.2) is 6.10 Å². The van der Waals surface area contributed by atoms with Gasteiger partial charge in [0.25, 0.3) is 5.91 Å². The first-order valence-electron chi connectivity index (χ1n) is 4.22. The molecule has 1 aliphatic heterocycles. The minimum absolute atomic E-state index is 0.391. The summed E-state index contributed by atoms with van der Waals surface area (Å²) in [6.45, 7) is 0. The highest BCUT2D eigenvalue weighted by atomic mass is 16.3. The molecule has 1 N–H and O–H groups in total. The van der Waals surface area contributed by atoms with Gasteiger partial charge in [0, 0.05) is 12.6 Å². The Labute approximate surface area is 80.8 Å². The van der Waals surface area contributed by atoms with Gasteiger partial charge < -0.3 is 10.0 Å². The number of nitrogens with zero attached hydrogens (tertiary/aromatic N) is 1. The molecule has 1 atom stereocenters. The van der Waals surface area contributed by atoms with Crippen LogP contribution in [0.1, 0.15) is 10.4 Å².